The number of anilines is 1. The molecule has 55 heavy (non-hydrogen) atoms. The largest absolute Gasteiger partial charge is 0.490 e. The Morgan fingerprint density at radius 2 is 1.84 bits per heavy atom. The van der Waals surface area contributed by atoms with Crippen LogP contribution in [0.1, 0.15) is 60.3 Å². The molecule has 3 aromatic rings. The highest BCUT2D eigenvalue weighted by molar-refractivity contribution is 7.14. The number of pyridine rings is 1. The molecule has 7 rings (SSSR count). The zero-order chi connectivity index (χ0) is 39.2. The van der Waals surface area contributed by atoms with Crippen molar-refractivity contribution in [2.75, 3.05) is 45.3 Å². The molecule has 2 aliphatic heterocycles. The quantitative estimate of drug-likeness (QED) is 0.217. The molecule has 2 saturated heterocycles. The van der Waals surface area contributed by atoms with Crippen LogP contribution in [0.25, 0.3) is 22.3 Å². The molecule has 2 aliphatic carbocycles. The van der Waals surface area contributed by atoms with Crippen LogP contribution in [0.5, 0.6) is 11.5 Å². The van der Waals surface area contributed by atoms with Gasteiger partial charge in [-0.3, -0.25) is 14.5 Å². The molecule has 0 bridgehead atoms. The average molecular weight is 798 g/mol. The molecule has 4 N–H and O–H groups in total. The zero-order valence-electron chi connectivity index (χ0n) is 32.3. The van der Waals surface area contributed by atoms with Crippen molar-refractivity contribution in [2.24, 2.45) is 23.0 Å². The molecule has 2 aromatic heterocycles. The number of benzene rings is 1. The Balaban J connectivity index is 1.15. The van der Waals surface area contributed by atoms with Crippen molar-refractivity contribution in [1.29, 1.82) is 0 Å². The van der Waals surface area contributed by atoms with Crippen molar-refractivity contribution < 1.29 is 33.3 Å². The van der Waals surface area contributed by atoms with Gasteiger partial charge in [0.05, 0.1) is 37.0 Å². The van der Waals surface area contributed by atoms with E-state index in [4.69, 9.17) is 46.3 Å². The first-order valence-corrected chi connectivity index (χ1v) is 20.4. The highest BCUT2D eigenvalue weighted by Crippen LogP contribution is 2.52. The molecule has 0 spiro atoms. The smallest absolute Gasteiger partial charge is 0.408 e. The van der Waals surface area contributed by atoms with Gasteiger partial charge in [0.15, 0.2) is 5.13 Å². The zero-order valence-corrected chi connectivity index (χ0v) is 33.9. The van der Waals surface area contributed by atoms with E-state index in [9.17, 15) is 14.4 Å². The maximum absolute atomic E-state index is 14.3. The molecular formula is C39H52ClN7O7S. The Morgan fingerprint density at radius 3 is 2.53 bits per heavy atom. The maximum atomic E-state index is 14.3. The van der Waals surface area contributed by atoms with Crippen LogP contribution in [0.15, 0.2) is 23.6 Å². The molecular weight excluding hydrogens is 746 g/mol. The van der Waals surface area contributed by atoms with Gasteiger partial charge in [0.25, 0.3) is 0 Å². The molecule has 14 nitrogen and oxygen atoms in total. The molecule has 2 saturated carbocycles. The predicted octanol–water partition coefficient (Wildman–Crippen LogP) is 5.31. The number of morpholine rings is 1. The van der Waals surface area contributed by atoms with E-state index in [1.165, 1.54) is 22.7 Å². The number of hydrogen-bond donors (Lipinski definition) is 3. The Kier molecular flexibility index (Phi) is 11.4. The van der Waals surface area contributed by atoms with E-state index in [-0.39, 0.29) is 31.2 Å². The van der Waals surface area contributed by atoms with Gasteiger partial charge in [-0.05, 0) is 69.5 Å². The Hall–Kier alpha value is -3.92. The number of fused-ring (bicyclic) bond motifs is 2. The summed E-state index contributed by atoms with van der Waals surface area (Å²) in [6.45, 7) is 12.2. The van der Waals surface area contributed by atoms with E-state index in [0.29, 0.717) is 70.5 Å². The van der Waals surface area contributed by atoms with E-state index in [1.807, 2.05) is 53.1 Å². The minimum absolute atomic E-state index is 0.0615. The van der Waals surface area contributed by atoms with Crippen molar-refractivity contribution in [3.8, 4) is 22.9 Å². The second kappa shape index (κ2) is 15.9. The third kappa shape index (κ3) is 8.90. The number of rotatable bonds is 12. The summed E-state index contributed by atoms with van der Waals surface area (Å²) in [6.07, 6.45) is 1.67. The number of amides is 3. The first-order chi connectivity index (χ1) is 26.1. The summed E-state index contributed by atoms with van der Waals surface area (Å²) in [5.74, 6) is 1.11. The fourth-order valence-electron chi connectivity index (χ4n) is 7.80. The lowest BCUT2D eigenvalue weighted by molar-refractivity contribution is -0.141. The van der Waals surface area contributed by atoms with Gasteiger partial charge < -0.3 is 40.2 Å². The number of nitrogens with two attached hydrogens (primary N) is 1. The Labute approximate surface area is 330 Å². The Morgan fingerprint density at radius 1 is 1.07 bits per heavy atom. The van der Waals surface area contributed by atoms with Crippen LogP contribution in [0.4, 0.5) is 9.93 Å². The number of halogens is 1. The van der Waals surface area contributed by atoms with Gasteiger partial charge in [0.2, 0.25) is 11.8 Å². The first kappa shape index (κ1) is 39.3. The van der Waals surface area contributed by atoms with Crippen molar-refractivity contribution >= 4 is 56.9 Å². The molecule has 7 atom stereocenters. The van der Waals surface area contributed by atoms with Gasteiger partial charge in [0, 0.05) is 35.8 Å². The standard InChI is InChI=1S/C39H52ClN7O7S/c1-20(2)42-37-44-28(19-55-37)27-15-31(26-7-8-30(32(40)33(26)43-27)52-18-23-17-51-10-9-46(23)6)53-25-14-29(35(41)48)47(16-25)36(49)34(39(3,4)5)45-38(50)54-24-12-21-11-22(21)13-24/h7-8,15,19-25,29,34H,9-14,16-18H2,1-6H3,(H2,41,48)(H,42,44)(H,45,50)/t21-,22+,23-,24?,25?,29+,34-/m1/s1. The fraction of sp³-hybridized carbons (Fsp3) is 0.615. The molecule has 1 aromatic carbocycles. The minimum Gasteiger partial charge on any atom is -0.490 e. The third-order valence-electron chi connectivity index (χ3n) is 11.0. The number of likely N-dealkylation sites (N-methyl/N-ethyl adjacent to an activating group) is 1. The third-order valence-corrected chi connectivity index (χ3v) is 12.1. The normalized spacial score (nSPS) is 25.8. The van der Waals surface area contributed by atoms with E-state index in [2.05, 4.69) is 15.5 Å². The molecule has 4 aliphatic rings. The predicted molar refractivity (Wildman–Crippen MR) is 211 cm³/mol. The Bertz CT molecular complexity index is 1910. The van der Waals surface area contributed by atoms with E-state index < -0.39 is 41.5 Å². The van der Waals surface area contributed by atoms with Crippen molar-refractivity contribution in [1.82, 2.24) is 25.1 Å². The average Bonchev–Trinajstić information content (AvgIpc) is 3.44. The number of aromatic nitrogens is 2. The summed E-state index contributed by atoms with van der Waals surface area (Å²) in [4.78, 5) is 53.6. The second-order valence-corrected chi connectivity index (χ2v) is 18.0. The van der Waals surface area contributed by atoms with Crippen LogP contribution < -0.4 is 25.8 Å². The molecule has 0 radical (unpaired) electrons. The number of primary amides is 1. The number of nitrogens with one attached hydrogen (secondary N) is 2. The van der Waals surface area contributed by atoms with Crippen LogP contribution >= 0.6 is 22.9 Å². The first-order valence-electron chi connectivity index (χ1n) is 19.1. The van der Waals surface area contributed by atoms with Gasteiger partial charge in [-0.15, -0.1) is 11.3 Å². The van der Waals surface area contributed by atoms with Gasteiger partial charge in [-0.25, -0.2) is 14.8 Å². The summed E-state index contributed by atoms with van der Waals surface area (Å²) in [6, 6.07) is 3.77. The van der Waals surface area contributed by atoms with Crippen LogP contribution in [-0.4, -0.2) is 114 Å². The number of likely N-dealkylation sites (tertiary alicyclic amines) is 1. The molecule has 4 fully saturated rings. The molecule has 16 heteroatoms. The van der Waals surface area contributed by atoms with Crippen molar-refractivity contribution in [3.05, 3.63) is 28.6 Å². The topological polar surface area (TPSA) is 170 Å². The van der Waals surface area contributed by atoms with Crippen LogP contribution in [0.2, 0.25) is 5.02 Å². The minimum atomic E-state index is -0.972. The monoisotopic (exact) mass is 797 g/mol. The number of hydrogen-bond acceptors (Lipinski definition) is 12. The number of alkyl carbamates (subject to hydrolysis) is 1. The lowest BCUT2D eigenvalue weighted by Gasteiger charge is -2.35. The maximum Gasteiger partial charge on any atom is 0.408 e. The number of ether oxygens (including phenoxy) is 4. The summed E-state index contributed by atoms with van der Waals surface area (Å²) >= 11 is 8.51. The van der Waals surface area contributed by atoms with Crippen LogP contribution in [-0.2, 0) is 19.1 Å². The van der Waals surface area contributed by atoms with E-state index in [1.54, 1.807) is 12.1 Å². The second-order valence-electron chi connectivity index (χ2n) is 16.7. The number of carbonyl (C=O) groups is 3. The van der Waals surface area contributed by atoms with E-state index >= 15 is 0 Å². The molecule has 2 unspecified atom stereocenters. The highest BCUT2D eigenvalue weighted by atomic mass is 35.5. The number of nitrogens with zero attached hydrogens (tertiary/aromatic N) is 4. The van der Waals surface area contributed by atoms with E-state index in [0.717, 1.165) is 24.5 Å². The van der Waals surface area contributed by atoms with Gasteiger partial charge in [0.1, 0.15) is 53.1 Å². The van der Waals surface area contributed by atoms with Crippen LogP contribution in [0, 0.1) is 17.3 Å². The van der Waals surface area contributed by atoms with Gasteiger partial charge >= 0.3 is 6.09 Å². The molecule has 298 valence electrons. The summed E-state index contributed by atoms with van der Waals surface area (Å²) in [7, 11) is 2.04. The van der Waals surface area contributed by atoms with Crippen LogP contribution in [0.3, 0.4) is 0 Å². The summed E-state index contributed by atoms with van der Waals surface area (Å²) in [5.41, 5.74) is 6.82. The fourth-order valence-corrected chi connectivity index (χ4v) is 8.91. The molecule has 3 amide bonds. The lowest BCUT2D eigenvalue weighted by Crippen LogP contribution is -2.57. The van der Waals surface area contributed by atoms with Crippen molar-refractivity contribution in [3.63, 3.8) is 0 Å². The number of thiazole rings is 1. The van der Waals surface area contributed by atoms with Gasteiger partial charge in [-0.1, -0.05) is 32.4 Å². The summed E-state index contributed by atoms with van der Waals surface area (Å²) in [5, 5.41) is 9.75. The highest BCUT2D eigenvalue weighted by Gasteiger charge is 2.48. The van der Waals surface area contributed by atoms with Gasteiger partial charge in [-0.2, -0.15) is 0 Å². The summed E-state index contributed by atoms with van der Waals surface area (Å²) < 4.78 is 24.3. The SMILES string of the molecule is CC(C)Nc1nc(-c2cc(OC3C[C@@H](C(N)=O)N(C(=O)[C@@H](NC(=O)OC4C[C@@H]5C[C@@H]5C4)C(C)(C)C)C3)c3ccc(OC[C@H]4COCCN4C)c(Cl)c3n2)cs1. The number of carbonyl (C=O) groups excluding carboxylic acids is 3. The lowest BCUT2D eigenvalue weighted by atomic mass is 9.85. The van der Waals surface area contributed by atoms with Crippen molar-refractivity contribution in [2.45, 2.75) is 96.7 Å². The molecule has 4 heterocycles.